The van der Waals surface area contributed by atoms with E-state index in [2.05, 4.69) is 5.32 Å². The Morgan fingerprint density at radius 3 is 2.39 bits per heavy atom. The summed E-state index contributed by atoms with van der Waals surface area (Å²) in [6.45, 7) is 5.81. The number of nitrogens with one attached hydrogen (secondary N) is 1. The maximum atomic E-state index is 12.8. The first kappa shape index (κ1) is 14.6. The molecule has 0 saturated heterocycles. The number of hydrogen-bond acceptors (Lipinski definition) is 2. The number of carbonyl (C=O) groups excluding carboxylic acids is 1. The normalized spacial score (nSPS) is 15.8. The molecule has 3 N–H and O–H groups in total. The Morgan fingerprint density at radius 2 is 1.89 bits per heavy atom. The summed E-state index contributed by atoms with van der Waals surface area (Å²) in [5, 5.41) is 2.84. The molecule has 0 fully saturated rings. The first-order valence-corrected chi connectivity index (χ1v) is 6.27. The largest absolute Gasteiger partial charge is 0.348 e. The fourth-order valence-electron chi connectivity index (χ4n) is 1.66. The van der Waals surface area contributed by atoms with E-state index < -0.39 is 6.04 Å². The monoisotopic (exact) mass is 252 g/mol. The Balaban J connectivity index is 2.61. The third kappa shape index (κ3) is 3.81. The van der Waals surface area contributed by atoms with E-state index in [1.807, 2.05) is 20.8 Å². The van der Waals surface area contributed by atoms with Crippen molar-refractivity contribution < 1.29 is 9.18 Å². The summed E-state index contributed by atoms with van der Waals surface area (Å²) in [7, 11) is 0. The number of benzene rings is 1. The van der Waals surface area contributed by atoms with Gasteiger partial charge in [-0.3, -0.25) is 4.79 Å². The van der Waals surface area contributed by atoms with Crippen LogP contribution in [0.15, 0.2) is 24.3 Å². The van der Waals surface area contributed by atoms with Crippen molar-refractivity contribution in [3.8, 4) is 0 Å². The number of hydrogen-bond donors (Lipinski definition) is 2. The molecule has 1 rings (SSSR count). The maximum Gasteiger partial charge on any atom is 0.237 e. The standard InChI is InChI=1S/C14H21FN2O/c1-4-9(2)13(16)14(18)17-10(3)11-5-7-12(15)8-6-11/h5-10,13H,4,16H2,1-3H3,(H,17,18)/t9?,10-,13?/m1/s1. The summed E-state index contributed by atoms with van der Waals surface area (Å²) in [6, 6.07) is 5.41. The number of halogens is 1. The Kier molecular flexibility index (Phi) is 5.28. The van der Waals surface area contributed by atoms with Crippen LogP contribution >= 0.6 is 0 Å². The SMILES string of the molecule is CCC(C)C(N)C(=O)N[C@H](C)c1ccc(F)cc1. The summed E-state index contributed by atoms with van der Waals surface area (Å²) in [4.78, 5) is 11.9. The highest BCUT2D eigenvalue weighted by Crippen LogP contribution is 2.14. The molecule has 0 bridgehead atoms. The third-order valence-corrected chi connectivity index (χ3v) is 3.29. The molecule has 1 amide bonds. The fourth-order valence-corrected chi connectivity index (χ4v) is 1.66. The van der Waals surface area contributed by atoms with Crippen LogP contribution in [0.25, 0.3) is 0 Å². The molecule has 0 aliphatic heterocycles. The van der Waals surface area contributed by atoms with Crippen molar-refractivity contribution >= 4 is 5.91 Å². The number of amides is 1. The van der Waals surface area contributed by atoms with E-state index in [0.29, 0.717) is 0 Å². The van der Waals surface area contributed by atoms with Crippen LogP contribution in [-0.4, -0.2) is 11.9 Å². The molecule has 4 heteroatoms. The molecule has 100 valence electrons. The molecule has 0 radical (unpaired) electrons. The van der Waals surface area contributed by atoms with Gasteiger partial charge >= 0.3 is 0 Å². The van der Waals surface area contributed by atoms with Crippen molar-refractivity contribution in [1.29, 1.82) is 0 Å². The second-order valence-electron chi connectivity index (χ2n) is 4.69. The average molecular weight is 252 g/mol. The molecule has 0 saturated carbocycles. The topological polar surface area (TPSA) is 55.1 Å². The third-order valence-electron chi connectivity index (χ3n) is 3.29. The van der Waals surface area contributed by atoms with Crippen LogP contribution in [0.4, 0.5) is 4.39 Å². The van der Waals surface area contributed by atoms with Gasteiger partial charge in [0.05, 0.1) is 12.1 Å². The van der Waals surface area contributed by atoms with Crippen molar-refractivity contribution in [1.82, 2.24) is 5.32 Å². The minimum absolute atomic E-state index is 0.144. The molecule has 18 heavy (non-hydrogen) atoms. The first-order valence-electron chi connectivity index (χ1n) is 6.27. The van der Waals surface area contributed by atoms with Crippen molar-refractivity contribution in [2.45, 2.75) is 39.3 Å². The molecule has 1 aromatic rings. The van der Waals surface area contributed by atoms with E-state index in [4.69, 9.17) is 5.73 Å². The van der Waals surface area contributed by atoms with E-state index in [9.17, 15) is 9.18 Å². The molecule has 3 atom stereocenters. The molecular weight excluding hydrogens is 231 g/mol. The summed E-state index contributed by atoms with van der Waals surface area (Å²) < 4.78 is 12.8. The highest BCUT2D eigenvalue weighted by molar-refractivity contribution is 5.82. The highest BCUT2D eigenvalue weighted by Gasteiger charge is 2.21. The highest BCUT2D eigenvalue weighted by atomic mass is 19.1. The lowest BCUT2D eigenvalue weighted by molar-refractivity contribution is -0.124. The molecule has 0 aliphatic rings. The van der Waals surface area contributed by atoms with Crippen LogP contribution in [-0.2, 0) is 4.79 Å². The van der Waals surface area contributed by atoms with Crippen molar-refractivity contribution in [3.63, 3.8) is 0 Å². The Bertz CT molecular complexity index is 391. The van der Waals surface area contributed by atoms with Gasteiger partial charge in [-0.1, -0.05) is 32.4 Å². The molecule has 1 aromatic carbocycles. The van der Waals surface area contributed by atoms with Gasteiger partial charge in [0, 0.05) is 0 Å². The lowest BCUT2D eigenvalue weighted by Crippen LogP contribution is -2.45. The zero-order valence-electron chi connectivity index (χ0n) is 11.1. The summed E-state index contributed by atoms with van der Waals surface area (Å²) >= 11 is 0. The number of carbonyl (C=O) groups is 1. The minimum atomic E-state index is -0.502. The molecular formula is C14H21FN2O. The zero-order chi connectivity index (χ0) is 13.7. The minimum Gasteiger partial charge on any atom is -0.348 e. The quantitative estimate of drug-likeness (QED) is 0.845. The van der Waals surface area contributed by atoms with Gasteiger partial charge in [0.1, 0.15) is 5.82 Å². The molecule has 2 unspecified atom stereocenters. The summed E-state index contributed by atoms with van der Waals surface area (Å²) in [5.41, 5.74) is 6.71. The second-order valence-corrected chi connectivity index (χ2v) is 4.69. The molecule has 0 heterocycles. The van der Waals surface area contributed by atoms with Crippen molar-refractivity contribution in [2.24, 2.45) is 11.7 Å². The van der Waals surface area contributed by atoms with E-state index in [1.165, 1.54) is 12.1 Å². The Morgan fingerprint density at radius 1 is 1.33 bits per heavy atom. The van der Waals surface area contributed by atoms with Crippen LogP contribution < -0.4 is 11.1 Å². The van der Waals surface area contributed by atoms with Crippen LogP contribution in [0.5, 0.6) is 0 Å². The Hall–Kier alpha value is -1.42. The van der Waals surface area contributed by atoms with Gasteiger partial charge in [0.15, 0.2) is 0 Å². The van der Waals surface area contributed by atoms with Gasteiger partial charge < -0.3 is 11.1 Å². The van der Waals surface area contributed by atoms with Gasteiger partial charge in [0.25, 0.3) is 0 Å². The van der Waals surface area contributed by atoms with E-state index in [0.717, 1.165) is 12.0 Å². The predicted molar refractivity (Wildman–Crippen MR) is 70.4 cm³/mol. The van der Waals surface area contributed by atoms with Gasteiger partial charge in [-0.2, -0.15) is 0 Å². The number of rotatable bonds is 5. The maximum absolute atomic E-state index is 12.8. The van der Waals surface area contributed by atoms with Crippen LogP contribution in [0, 0.1) is 11.7 Å². The van der Waals surface area contributed by atoms with Gasteiger partial charge in [-0.15, -0.1) is 0 Å². The second kappa shape index (κ2) is 6.50. The summed E-state index contributed by atoms with van der Waals surface area (Å²) in [5.74, 6) is -0.305. The summed E-state index contributed by atoms with van der Waals surface area (Å²) in [6.07, 6.45) is 0.861. The van der Waals surface area contributed by atoms with Crippen molar-refractivity contribution in [2.75, 3.05) is 0 Å². The fraction of sp³-hybridized carbons (Fsp3) is 0.500. The van der Waals surface area contributed by atoms with Crippen molar-refractivity contribution in [3.05, 3.63) is 35.6 Å². The smallest absolute Gasteiger partial charge is 0.237 e. The van der Waals surface area contributed by atoms with Crippen LogP contribution in [0.2, 0.25) is 0 Å². The predicted octanol–water partition coefficient (Wildman–Crippen LogP) is 2.38. The van der Waals surface area contributed by atoms with E-state index >= 15 is 0 Å². The molecule has 0 aromatic heterocycles. The van der Waals surface area contributed by atoms with E-state index in [-0.39, 0.29) is 23.7 Å². The lowest BCUT2D eigenvalue weighted by atomic mass is 9.98. The molecule has 0 spiro atoms. The number of nitrogens with two attached hydrogens (primary N) is 1. The van der Waals surface area contributed by atoms with Gasteiger partial charge in [0.2, 0.25) is 5.91 Å². The molecule has 3 nitrogen and oxygen atoms in total. The average Bonchev–Trinajstić information content (AvgIpc) is 2.37. The molecule has 0 aliphatic carbocycles. The van der Waals surface area contributed by atoms with Crippen LogP contribution in [0.1, 0.15) is 38.8 Å². The first-order chi connectivity index (χ1) is 8.45. The lowest BCUT2D eigenvalue weighted by Gasteiger charge is -2.21. The van der Waals surface area contributed by atoms with Gasteiger partial charge in [-0.25, -0.2) is 4.39 Å². The van der Waals surface area contributed by atoms with Crippen LogP contribution in [0.3, 0.4) is 0 Å². The zero-order valence-corrected chi connectivity index (χ0v) is 11.1. The Labute approximate surface area is 108 Å². The van der Waals surface area contributed by atoms with Gasteiger partial charge in [-0.05, 0) is 30.5 Å². The van der Waals surface area contributed by atoms with E-state index in [1.54, 1.807) is 12.1 Å².